The highest BCUT2D eigenvalue weighted by Crippen LogP contribution is 2.31. The summed E-state index contributed by atoms with van der Waals surface area (Å²) in [5, 5.41) is 3.75. The SMILES string of the molecule is CCCC1CN(CC(C)OC)C(C)(c2ccccc2)CN1. The van der Waals surface area contributed by atoms with E-state index in [1.165, 1.54) is 18.4 Å². The Morgan fingerprint density at radius 2 is 2.10 bits per heavy atom. The zero-order chi connectivity index (χ0) is 15.3. The van der Waals surface area contributed by atoms with Crippen LogP contribution in [-0.2, 0) is 10.3 Å². The van der Waals surface area contributed by atoms with Crippen molar-refractivity contribution in [3.8, 4) is 0 Å². The molecule has 1 aliphatic heterocycles. The van der Waals surface area contributed by atoms with Gasteiger partial charge in [-0.2, -0.15) is 0 Å². The van der Waals surface area contributed by atoms with E-state index in [2.05, 4.69) is 61.3 Å². The molecule has 1 aliphatic rings. The summed E-state index contributed by atoms with van der Waals surface area (Å²) in [6.07, 6.45) is 2.73. The Balaban J connectivity index is 2.21. The molecule has 0 saturated carbocycles. The van der Waals surface area contributed by atoms with E-state index in [1.54, 1.807) is 7.11 Å². The maximum Gasteiger partial charge on any atom is 0.0670 e. The van der Waals surface area contributed by atoms with Crippen molar-refractivity contribution in [3.05, 3.63) is 35.9 Å². The number of hydrogen-bond donors (Lipinski definition) is 1. The van der Waals surface area contributed by atoms with Crippen LogP contribution >= 0.6 is 0 Å². The molecule has 1 heterocycles. The zero-order valence-electron chi connectivity index (χ0n) is 13.9. The van der Waals surface area contributed by atoms with E-state index in [1.807, 2.05) is 0 Å². The van der Waals surface area contributed by atoms with Crippen LogP contribution in [0.5, 0.6) is 0 Å². The highest BCUT2D eigenvalue weighted by molar-refractivity contribution is 5.25. The van der Waals surface area contributed by atoms with Crippen LogP contribution in [0.3, 0.4) is 0 Å². The molecular weight excluding hydrogens is 260 g/mol. The largest absolute Gasteiger partial charge is 0.380 e. The van der Waals surface area contributed by atoms with Crippen molar-refractivity contribution < 1.29 is 4.74 Å². The number of piperazine rings is 1. The third-order valence-electron chi connectivity index (χ3n) is 4.79. The zero-order valence-corrected chi connectivity index (χ0v) is 13.9. The van der Waals surface area contributed by atoms with Gasteiger partial charge in [-0.05, 0) is 25.8 Å². The average Bonchev–Trinajstić information content (AvgIpc) is 2.51. The van der Waals surface area contributed by atoms with Gasteiger partial charge in [-0.15, -0.1) is 0 Å². The van der Waals surface area contributed by atoms with Crippen LogP contribution in [-0.4, -0.2) is 43.8 Å². The number of ether oxygens (including phenoxy) is 1. The maximum absolute atomic E-state index is 5.52. The molecule has 118 valence electrons. The van der Waals surface area contributed by atoms with Crippen molar-refractivity contribution in [2.75, 3.05) is 26.7 Å². The summed E-state index contributed by atoms with van der Waals surface area (Å²) in [4.78, 5) is 2.60. The highest BCUT2D eigenvalue weighted by Gasteiger charge is 2.39. The van der Waals surface area contributed by atoms with E-state index in [4.69, 9.17) is 4.74 Å². The predicted octanol–water partition coefficient (Wildman–Crippen LogP) is 3.01. The van der Waals surface area contributed by atoms with Crippen LogP contribution in [0, 0.1) is 0 Å². The Bertz CT molecular complexity index is 422. The second kappa shape index (κ2) is 7.39. The van der Waals surface area contributed by atoms with Gasteiger partial charge in [0.15, 0.2) is 0 Å². The molecule has 1 aromatic carbocycles. The Kier molecular flexibility index (Phi) is 5.80. The second-order valence-electron chi connectivity index (χ2n) is 6.46. The van der Waals surface area contributed by atoms with Crippen LogP contribution in [0.4, 0.5) is 0 Å². The molecule has 2 rings (SSSR count). The Morgan fingerprint density at radius 3 is 2.71 bits per heavy atom. The van der Waals surface area contributed by atoms with Crippen molar-refractivity contribution in [2.45, 2.75) is 51.3 Å². The van der Waals surface area contributed by atoms with Crippen LogP contribution in [0.25, 0.3) is 0 Å². The number of rotatable bonds is 6. The van der Waals surface area contributed by atoms with Gasteiger partial charge in [0, 0.05) is 32.8 Å². The van der Waals surface area contributed by atoms with Gasteiger partial charge in [-0.25, -0.2) is 0 Å². The third-order valence-corrected chi connectivity index (χ3v) is 4.79. The molecule has 3 heteroatoms. The molecule has 3 nitrogen and oxygen atoms in total. The molecule has 3 unspecified atom stereocenters. The van der Waals surface area contributed by atoms with Gasteiger partial charge in [0.05, 0.1) is 11.6 Å². The van der Waals surface area contributed by atoms with Gasteiger partial charge in [0.1, 0.15) is 0 Å². The van der Waals surface area contributed by atoms with Crippen molar-refractivity contribution in [1.29, 1.82) is 0 Å². The molecule has 0 radical (unpaired) electrons. The summed E-state index contributed by atoms with van der Waals surface area (Å²) >= 11 is 0. The standard InChI is InChI=1S/C18H30N2O/c1-5-9-17-13-20(12-15(2)21-4)18(3,14-19-17)16-10-7-6-8-11-16/h6-8,10-11,15,17,19H,5,9,12-14H2,1-4H3. The summed E-state index contributed by atoms with van der Waals surface area (Å²) in [6, 6.07) is 11.4. The number of nitrogens with one attached hydrogen (secondary N) is 1. The molecule has 1 N–H and O–H groups in total. The summed E-state index contributed by atoms with van der Waals surface area (Å²) < 4.78 is 5.52. The van der Waals surface area contributed by atoms with Crippen LogP contribution in [0.2, 0.25) is 0 Å². The van der Waals surface area contributed by atoms with Crippen molar-refractivity contribution in [3.63, 3.8) is 0 Å². The first-order chi connectivity index (χ1) is 10.1. The van der Waals surface area contributed by atoms with Crippen molar-refractivity contribution in [1.82, 2.24) is 10.2 Å². The lowest BCUT2D eigenvalue weighted by Gasteiger charge is -2.49. The summed E-state index contributed by atoms with van der Waals surface area (Å²) in [5.41, 5.74) is 1.42. The predicted molar refractivity (Wildman–Crippen MR) is 88.5 cm³/mol. The van der Waals surface area contributed by atoms with E-state index < -0.39 is 0 Å². The molecule has 0 amide bonds. The average molecular weight is 290 g/mol. The Labute approximate surface area is 129 Å². The van der Waals surface area contributed by atoms with Crippen molar-refractivity contribution in [2.24, 2.45) is 0 Å². The summed E-state index contributed by atoms with van der Waals surface area (Å²) in [6.45, 7) is 9.83. The summed E-state index contributed by atoms with van der Waals surface area (Å²) in [7, 11) is 1.80. The van der Waals surface area contributed by atoms with Crippen LogP contribution in [0.15, 0.2) is 30.3 Å². The highest BCUT2D eigenvalue weighted by atomic mass is 16.5. The molecule has 1 fully saturated rings. The maximum atomic E-state index is 5.52. The molecule has 21 heavy (non-hydrogen) atoms. The monoisotopic (exact) mass is 290 g/mol. The van der Waals surface area contributed by atoms with Crippen LogP contribution in [0.1, 0.15) is 39.2 Å². The van der Waals surface area contributed by atoms with Gasteiger partial charge in [0.25, 0.3) is 0 Å². The molecule has 0 bridgehead atoms. The van der Waals surface area contributed by atoms with E-state index >= 15 is 0 Å². The van der Waals surface area contributed by atoms with Gasteiger partial charge >= 0.3 is 0 Å². The topological polar surface area (TPSA) is 24.5 Å². The Morgan fingerprint density at radius 1 is 1.38 bits per heavy atom. The lowest BCUT2D eigenvalue weighted by atomic mass is 9.86. The van der Waals surface area contributed by atoms with E-state index in [0.717, 1.165) is 19.6 Å². The number of benzene rings is 1. The van der Waals surface area contributed by atoms with Gasteiger partial charge in [0.2, 0.25) is 0 Å². The van der Waals surface area contributed by atoms with Gasteiger partial charge < -0.3 is 10.1 Å². The quantitative estimate of drug-likeness (QED) is 0.871. The Hall–Kier alpha value is -0.900. The minimum absolute atomic E-state index is 0.0400. The molecule has 1 aromatic rings. The van der Waals surface area contributed by atoms with Gasteiger partial charge in [-0.3, -0.25) is 4.90 Å². The fraction of sp³-hybridized carbons (Fsp3) is 0.667. The first-order valence-electron chi connectivity index (χ1n) is 8.17. The first-order valence-corrected chi connectivity index (χ1v) is 8.17. The lowest BCUT2D eigenvalue weighted by molar-refractivity contribution is -0.00302. The second-order valence-corrected chi connectivity index (χ2v) is 6.46. The summed E-state index contributed by atoms with van der Waals surface area (Å²) in [5.74, 6) is 0. The lowest BCUT2D eigenvalue weighted by Crippen LogP contribution is -2.62. The minimum atomic E-state index is 0.0400. The number of hydrogen-bond acceptors (Lipinski definition) is 3. The fourth-order valence-electron chi connectivity index (χ4n) is 3.27. The van der Waals surface area contributed by atoms with E-state index in [-0.39, 0.29) is 11.6 Å². The number of methoxy groups -OCH3 is 1. The molecule has 0 aliphatic carbocycles. The normalized spacial score (nSPS) is 28.5. The molecule has 0 spiro atoms. The first kappa shape index (κ1) is 16.5. The molecule has 1 saturated heterocycles. The van der Waals surface area contributed by atoms with E-state index in [9.17, 15) is 0 Å². The van der Waals surface area contributed by atoms with Crippen LogP contribution < -0.4 is 5.32 Å². The van der Waals surface area contributed by atoms with Gasteiger partial charge in [-0.1, -0.05) is 43.7 Å². The van der Waals surface area contributed by atoms with E-state index in [0.29, 0.717) is 6.04 Å². The fourth-order valence-corrected chi connectivity index (χ4v) is 3.27. The minimum Gasteiger partial charge on any atom is -0.380 e. The molecule has 0 aromatic heterocycles. The molecule has 3 atom stereocenters. The number of nitrogens with zero attached hydrogens (tertiary/aromatic N) is 1. The third kappa shape index (κ3) is 3.85. The molecular formula is C18H30N2O. The van der Waals surface area contributed by atoms with Crippen molar-refractivity contribution >= 4 is 0 Å². The smallest absolute Gasteiger partial charge is 0.0670 e.